The summed E-state index contributed by atoms with van der Waals surface area (Å²) in [6.45, 7) is 7.95. The van der Waals surface area contributed by atoms with Gasteiger partial charge in [0.25, 0.3) is 0 Å². The van der Waals surface area contributed by atoms with Crippen LogP contribution >= 0.6 is 0 Å². The number of para-hydroxylation sites is 2. The number of nitrogens with zero attached hydrogens (tertiary/aromatic N) is 1. The molecule has 1 N–H and O–H groups in total. The van der Waals surface area contributed by atoms with Gasteiger partial charge in [0.05, 0.1) is 11.4 Å². The number of aliphatic imine (C=N–C) groups is 1. The van der Waals surface area contributed by atoms with Gasteiger partial charge in [0.2, 0.25) is 0 Å². The maximum Gasteiger partial charge on any atom is 0.0857 e. The summed E-state index contributed by atoms with van der Waals surface area (Å²) in [5, 5.41) is 8.48. The first-order valence-electron chi connectivity index (χ1n) is 15.2. The Hall–Kier alpha value is -5.47. The molecule has 0 atom stereocenters. The molecule has 2 nitrogen and oxygen atoms in total. The third-order valence-electron chi connectivity index (χ3n) is 7.74. The normalized spacial score (nSPS) is 10.7. The van der Waals surface area contributed by atoms with E-state index in [0.29, 0.717) is 0 Å². The van der Waals surface area contributed by atoms with E-state index < -0.39 is 0 Å². The van der Waals surface area contributed by atoms with E-state index in [1.807, 2.05) is 24.3 Å². The number of nitrogens with one attached hydrogen (secondary N) is 1. The van der Waals surface area contributed by atoms with E-state index in [-0.39, 0.29) is 0 Å². The summed E-state index contributed by atoms with van der Waals surface area (Å²) < 4.78 is 0. The van der Waals surface area contributed by atoms with E-state index in [4.69, 9.17) is 0 Å². The third-order valence-corrected chi connectivity index (χ3v) is 7.74. The molecule has 0 radical (unpaired) electrons. The summed E-state index contributed by atoms with van der Waals surface area (Å²) in [6.07, 6.45) is 1.25. The molecule has 0 aliphatic rings. The van der Waals surface area contributed by atoms with Crippen LogP contribution in [0.5, 0.6) is 0 Å². The standard InChI is InChI=1S/C39H28N2.C3H8/c1-40-36-17-9-10-18-37(36)41-31-25-23-30(24-26-31)39-34-15-7-5-13-32(34)38(33-14-6-8-16-35(33)39)29-21-19-28(20-22-29)27-11-3-2-4-12-27;1-3-2/h2-26,41H,1H2;3H2,1-2H3. The lowest BCUT2D eigenvalue weighted by Gasteiger charge is -2.18. The summed E-state index contributed by atoms with van der Waals surface area (Å²) in [4.78, 5) is 4.14. The number of hydrogen-bond acceptors (Lipinski definition) is 2. The van der Waals surface area contributed by atoms with E-state index in [0.717, 1.165) is 17.1 Å². The predicted molar refractivity (Wildman–Crippen MR) is 193 cm³/mol. The zero-order valence-corrected chi connectivity index (χ0v) is 25.3. The molecule has 44 heavy (non-hydrogen) atoms. The Bertz CT molecular complexity index is 1970. The Morgan fingerprint density at radius 3 is 1.34 bits per heavy atom. The van der Waals surface area contributed by atoms with Gasteiger partial charge in [-0.3, -0.25) is 4.99 Å². The molecule has 0 aliphatic heterocycles. The van der Waals surface area contributed by atoms with Crippen molar-refractivity contribution in [1.82, 2.24) is 0 Å². The number of benzene rings is 7. The van der Waals surface area contributed by atoms with Crippen molar-refractivity contribution >= 4 is 45.3 Å². The van der Waals surface area contributed by atoms with E-state index in [9.17, 15) is 0 Å². The van der Waals surface area contributed by atoms with Gasteiger partial charge in [-0.2, -0.15) is 0 Å². The summed E-state index contributed by atoms with van der Waals surface area (Å²) in [7, 11) is 0. The molecule has 0 saturated heterocycles. The van der Waals surface area contributed by atoms with E-state index >= 15 is 0 Å². The Morgan fingerprint density at radius 2 is 0.841 bits per heavy atom. The van der Waals surface area contributed by atoms with Gasteiger partial charge in [-0.1, -0.05) is 148 Å². The van der Waals surface area contributed by atoms with Crippen molar-refractivity contribution in [2.45, 2.75) is 20.3 Å². The predicted octanol–water partition coefficient (Wildman–Crippen LogP) is 12.5. The monoisotopic (exact) mass is 568 g/mol. The molecule has 0 bridgehead atoms. The van der Waals surface area contributed by atoms with Gasteiger partial charge in [-0.25, -0.2) is 0 Å². The number of rotatable bonds is 6. The Morgan fingerprint density at radius 1 is 0.455 bits per heavy atom. The lowest BCUT2D eigenvalue weighted by Crippen LogP contribution is -1.92. The Labute approximate surface area is 260 Å². The van der Waals surface area contributed by atoms with Gasteiger partial charge in [0.1, 0.15) is 0 Å². The number of anilines is 2. The van der Waals surface area contributed by atoms with Gasteiger partial charge in [0, 0.05) is 5.69 Å². The van der Waals surface area contributed by atoms with Gasteiger partial charge >= 0.3 is 0 Å². The maximum atomic E-state index is 4.14. The second kappa shape index (κ2) is 13.2. The highest BCUT2D eigenvalue weighted by Gasteiger charge is 2.16. The van der Waals surface area contributed by atoms with Crippen LogP contribution in [0.4, 0.5) is 17.1 Å². The minimum atomic E-state index is 0.834. The van der Waals surface area contributed by atoms with Gasteiger partial charge < -0.3 is 5.32 Å². The van der Waals surface area contributed by atoms with Crippen LogP contribution < -0.4 is 5.32 Å². The average Bonchev–Trinajstić information content (AvgIpc) is 3.09. The topological polar surface area (TPSA) is 24.4 Å². The molecular formula is C42H36N2. The Balaban J connectivity index is 0.00000110. The van der Waals surface area contributed by atoms with Crippen molar-refractivity contribution in [1.29, 1.82) is 0 Å². The van der Waals surface area contributed by atoms with Gasteiger partial charge in [-0.05, 0) is 85.9 Å². The van der Waals surface area contributed by atoms with Crippen molar-refractivity contribution in [2.24, 2.45) is 4.99 Å². The molecule has 7 aromatic rings. The molecule has 0 heterocycles. The third kappa shape index (κ3) is 5.75. The smallest absolute Gasteiger partial charge is 0.0857 e. The van der Waals surface area contributed by atoms with Crippen molar-refractivity contribution in [3.63, 3.8) is 0 Å². The van der Waals surface area contributed by atoms with E-state index in [1.165, 1.54) is 61.3 Å². The minimum Gasteiger partial charge on any atom is -0.354 e. The molecule has 7 rings (SSSR count). The van der Waals surface area contributed by atoms with Gasteiger partial charge in [0.15, 0.2) is 0 Å². The van der Waals surface area contributed by atoms with Crippen molar-refractivity contribution in [3.8, 4) is 33.4 Å². The molecule has 0 fully saturated rings. The first-order valence-corrected chi connectivity index (χ1v) is 15.2. The second-order valence-electron chi connectivity index (χ2n) is 10.9. The molecule has 7 aromatic carbocycles. The van der Waals surface area contributed by atoms with Crippen LogP contribution in [0, 0.1) is 0 Å². The van der Waals surface area contributed by atoms with E-state index in [1.54, 1.807) is 0 Å². The highest BCUT2D eigenvalue weighted by molar-refractivity contribution is 6.21. The summed E-state index contributed by atoms with van der Waals surface area (Å²) >= 11 is 0. The molecule has 0 spiro atoms. The minimum absolute atomic E-state index is 0.834. The largest absolute Gasteiger partial charge is 0.354 e. The molecule has 0 amide bonds. The summed E-state index contributed by atoms with van der Waals surface area (Å²) in [6, 6.07) is 53.7. The lowest BCUT2D eigenvalue weighted by molar-refractivity contribution is 1.09. The van der Waals surface area contributed by atoms with Crippen LogP contribution in [0.15, 0.2) is 157 Å². The summed E-state index contributed by atoms with van der Waals surface area (Å²) in [5.41, 5.74) is 10.2. The van der Waals surface area contributed by atoms with Crippen molar-refractivity contribution in [2.75, 3.05) is 5.32 Å². The van der Waals surface area contributed by atoms with Crippen LogP contribution in [0.1, 0.15) is 20.3 Å². The SMILES string of the molecule is C=Nc1ccccc1Nc1ccc(-c2c3ccccc3c(-c3ccc(-c4ccccc4)cc3)c3ccccc23)cc1.CCC. The van der Waals surface area contributed by atoms with Crippen molar-refractivity contribution in [3.05, 3.63) is 152 Å². The van der Waals surface area contributed by atoms with Crippen LogP contribution in [-0.4, -0.2) is 6.72 Å². The first-order chi connectivity index (χ1) is 21.7. The number of fused-ring (bicyclic) bond motifs is 2. The molecule has 0 aromatic heterocycles. The highest BCUT2D eigenvalue weighted by atomic mass is 14.9. The van der Waals surface area contributed by atoms with Crippen LogP contribution in [0.25, 0.3) is 54.9 Å². The fourth-order valence-electron chi connectivity index (χ4n) is 5.80. The molecular weight excluding hydrogens is 532 g/mol. The average molecular weight is 569 g/mol. The fourth-order valence-corrected chi connectivity index (χ4v) is 5.80. The number of hydrogen-bond donors (Lipinski definition) is 1. The zero-order chi connectivity index (χ0) is 30.3. The fraction of sp³-hybridized carbons (Fsp3) is 0.0714. The lowest BCUT2D eigenvalue weighted by atomic mass is 9.85. The van der Waals surface area contributed by atoms with E-state index in [2.05, 4.69) is 158 Å². The molecule has 2 heteroatoms. The summed E-state index contributed by atoms with van der Waals surface area (Å²) in [5.74, 6) is 0. The Kier molecular flexibility index (Phi) is 8.61. The second-order valence-corrected chi connectivity index (χ2v) is 10.9. The maximum absolute atomic E-state index is 4.14. The molecule has 0 aliphatic carbocycles. The van der Waals surface area contributed by atoms with Crippen LogP contribution in [0.3, 0.4) is 0 Å². The van der Waals surface area contributed by atoms with Gasteiger partial charge in [-0.15, -0.1) is 0 Å². The molecule has 214 valence electrons. The first kappa shape index (κ1) is 28.6. The quantitative estimate of drug-likeness (QED) is 0.157. The molecule has 0 saturated carbocycles. The molecule has 0 unspecified atom stereocenters. The zero-order valence-electron chi connectivity index (χ0n) is 25.3. The highest BCUT2D eigenvalue weighted by Crippen LogP contribution is 2.44. The van der Waals surface area contributed by atoms with Crippen LogP contribution in [0.2, 0.25) is 0 Å². The van der Waals surface area contributed by atoms with Crippen LogP contribution in [-0.2, 0) is 0 Å². The van der Waals surface area contributed by atoms with Crippen molar-refractivity contribution < 1.29 is 0 Å².